The van der Waals surface area contributed by atoms with E-state index in [1.807, 2.05) is 37.3 Å². The van der Waals surface area contributed by atoms with Gasteiger partial charge in [-0.05, 0) is 18.1 Å². The molecule has 80 valence electrons. The van der Waals surface area contributed by atoms with E-state index in [4.69, 9.17) is 9.84 Å². The molecule has 0 saturated heterocycles. The van der Waals surface area contributed by atoms with Crippen molar-refractivity contribution in [2.24, 2.45) is 0 Å². The van der Waals surface area contributed by atoms with E-state index in [2.05, 4.69) is 0 Å². The molecule has 1 rings (SSSR count). The normalized spacial score (nSPS) is 11.1. The topological polar surface area (TPSA) is 46.5 Å². The van der Waals surface area contributed by atoms with Crippen molar-refractivity contribution in [3.8, 4) is 0 Å². The van der Waals surface area contributed by atoms with Gasteiger partial charge in [-0.15, -0.1) is 0 Å². The third kappa shape index (κ3) is 3.85. The Morgan fingerprint density at radius 1 is 1.40 bits per heavy atom. The van der Waals surface area contributed by atoms with Gasteiger partial charge in [0.2, 0.25) is 5.76 Å². The van der Waals surface area contributed by atoms with Crippen LogP contribution in [0.3, 0.4) is 0 Å². The van der Waals surface area contributed by atoms with Gasteiger partial charge >= 0.3 is 5.97 Å². The van der Waals surface area contributed by atoms with Crippen LogP contribution in [0.5, 0.6) is 0 Å². The minimum Gasteiger partial charge on any atom is -0.482 e. The van der Waals surface area contributed by atoms with Gasteiger partial charge in [-0.2, -0.15) is 0 Å². The zero-order chi connectivity index (χ0) is 11.1. The minimum atomic E-state index is -1.02. The predicted molar refractivity (Wildman–Crippen MR) is 57.2 cm³/mol. The highest BCUT2D eigenvalue weighted by atomic mass is 16.5. The number of hydrogen-bond acceptors (Lipinski definition) is 2. The molecule has 0 aliphatic heterocycles. The fourth-order valence-electron chi connectivity index (χ4n) is 1.13. The van der Waals surface area contributed by atoms with Gasteiger partial charge in [-0.25, -0.2) is 4.79 Å². The number of hydrogen-bond donors (Lipinski definition) is 1. The molecule has 3 heteroatoms. The van der Waals surface area contributed by atoms with Crippen molar-refractivity contribution >= 4 is 5.97 Å². The summed E-state index contributed by atoms with van der Waals surface area (Å²) in [4.78, 5) is 10.7. The summed E-state index contributed by atoms with van der Waals surface area (Å²) in [5, 5.41) is 8.79. The second-order valence-electron chi connectivity index (χ2n) is 3.06. The highest BCUT2D eigenvalue weighted by Crippen LogP contribution is 2.06. The van der Waals surface area contributed by atoms with Crippen LogP contribution in [0.25, 0.3) is 0 Å². The predicted octanol–water partition coefficient (Wildman–Crippen LogP) is 2.58. The summed E-state index contributed by atoms with van der Waals surface area (Å²) >= 11 is 0. The van der Waals surface area contributed by atoms with Crippen molar-refractivity contribution in [1.29, 1.82) is 0 Å². The molecule has 0 saturated carbocycles. The Labute approximate surface area is 89.0 Å². The molecular formula is C12H14O3. The van der Waals surface area contributed by atoms with E-state index in [1.165, 1.54) is 0 Å². The molecule has 1 aromatic carbocycles. The van der Waals surface area contributed by atoms with Crippen LogP contribution in [0.2, 0.25) is 0 Å². The third-order valence-electron chi connectivity index (χ3n) is 1.84. The summed E-state index contributed by atoms with van der Waals surface area (Å²) < 4.78 is 5.19. The number of carboxylic acid groups (broad SMARTS) is 1. The Bertz CT molecular complexity index is 341. The summed E-state index contributed by atoms with van der Waals surface area (Å²) in [6, 6.07) is 9.48. The molecule has 0 aliphatic carbocycles. The molecule has 0 unspecified atom stereocenters. The maximum atomic E-state index is 10.7. The minimum absolute atomic E-state index is 0.0151. The molecule has 0 atom stereocenters. The lowest BCUT2D eigenvalue weighted by Gasteiger charge is -2.06. The fraction of sp³-hybridized carbons (Fsp3) is 0.250. The summed E-state index contributed by atoms with van der Waals surface area (Å²) in [5.74, 6) is -1.01. The van der Waals surface area contributed by atoms with Gasteiger partial charge < -0.3 is 9.84 Å². The van der Waals surface area contributed by atoms with Crippen molar-refractivity contribution in [3.05, 3.63) is 47.7 Å². The third-order valence-corrected chi connectivity index (χ3v) is 1.84. The second-order valence-corrected chi connectivity index (χ2v) is 3.06. The van der Waals surface area contributed by atoms with Crippen molar-refractivity contribution in [3.63, 3.8) is 0 Å². The van der Waals surface area contributed by atoms with Crippen molar-refractivity contribution in [2.75, 3.05) is 0 Å². The Hall–Kier alpha value is -1.77. The van der Waals surface area contributed by atoms with Gasteiger partial charge in [-0.3, -0.25) is 0 Å². The maximum Gasteiger partial charge on any atom is 0.370 e. The smallest absolute Gasteiger partial charge is 0.370 e. The van der Waals surface area contributed by atoms with E-state index < -0.39 is 5.97 Å². The summed E-state index contributed by atoms with van der Waals surface area (Å²) in [7, 11) is 0. The summed E-state index contributed by atoms with van der Waals surface area (Å²) in [5.41, 5.74) is 0.959. The zero-order valence-corrected chi connectivity index (χ0v) is 8.64. The molecule has 0 fully saturated rings. The largest absolute Gasteiger partial charge is 0.482 e. The van der Waals surface area contributed by atoms with E-state index in [9.17, 15) is 4.79 Å². The van der Waals surface area contributed by atoms with Crippen LogP contribution in [-0.4, -0.2) is 11.1 Å². The molecule has 0 radical (unpaired) electrons. The summed E-state index contributed by atoms with van der Waals surface area (Å²) in [6.07, 6.45) is 2.21. The first-order chi connectivity index (χ1) is 7.24. The maximum absolute atomic E-state index is 10.7. The fourth-order valence-corrected chi connectivity index (χ4v) is 1.13. The van der Waals surface area contributed by atoms with Crippen molar-refractivity contribution < 1.29 is 14.6 Å². The number of carbonyl (C=O) groups is 1. The molecule has 0 heterocycles. The molecular weight excluding hydrogens is 192 g/mol. The van der Waals surface area contributed by atoms with Crippen molar-refractivity contribution in [2.45, 2.75) is 20.0 Å². The van der Waals surface area contributed by atoms with Gasteiger partial charge in [0.15, 0.2) is 0 Å². The first kappa shape index (κ1) is 11.3. The SMILES string of the molecule is CCC=C(OCc1ccccc1)C(=O)O. The molecule has 0 aliphatic rings. The Morgan fingerprint density at radius 2 is 2.07 bits per heavy atom. The van der Waals surface area contributed by atoms with Crippen LogP contribution >= 0.6 is 0 Å². The molecule has 0 amide bonds. The molecule has 0 spiro atoms. The van der Waals surface area contributed by atoms with Crippen LogP contribution < -0.4 is 0 Å². The molecule has 0 bridgehead atoms. The van der Waals surface area contributed by atoms with E-state index in [-0.39, 0.29) is 5.76 Å². The van der Waals surface area contributed by atoms with Gasteiger partial charge in [0.1, 0.15) is 6.61 Å². The van der Waals surface area contributed by atoms with Gasteiger partial charge in [0.25, 0.3) is 0 Å². The monoisotopic (exact) mass is 206 g/mol. The Morgan fingerprint density at radius 3 is 2.60 bits per heavy atom. The highest BCUT2D eigenvalue weighted by molar-refractivity contribution is 5.84. The molecule has 0 aromatic heterocycles. The van der Waals surface area contributed by atoms with Crippen LogP contribution in [0.4, 0.5) is 0 Å². The number of carboxylic acids is 1. The quantitative estimate of drug-likeness (QED) is 0.595. The number of aliphatic carboxylic acids is 1. The first-order valence-electron chi connectivity index (χ1n) is 4.84. The van der Waals surface area contributed by atoms with Crippen molar-refractivity contribution in [1.82, 2.24) is 0 Å². The van der Waals surface area contributed by atoms with Crippen LogP contribution in [0.15, 0.2) is 42.2 Å². The molecule has 1 aromatic rings. The number of allylic oxidation sites excluding steroid dienone is 1. The van der Waals surface area contributed by atoms with Gasteiger partial charge in [-0.1, -0.05) is 37.3 Å². The lowest BCUT2D eigenvalue weighted by molar-refractivity contribution is -0.136. The van der Waals surface area contributed by atoms with E-state index in [1.54, 1.807) is 6.08 Å². The standard InChI is InChI=1S/C12H14O3/c1-2-6-11(12(13)14)15-9-10-7-4-3-5-8-10/h3-8H,2,9H2,1H3,(H,13,14). The average molecular weight is 206 g/mol. The number of ether oxygens (including phenoxy) is 1. The van der Waals surface area contributed by atoms with Crippen LogP contribution in [0.1, 0.15) is 18.9 Å². The summed E-state index contributed by atoms with van der Waals surface area (Å²) in [6.45, 7) is 2.16. The van der Waals surface area contributed by atoms with Crippen LogP contribution in [-0.2, 0) is 16.1 Å². The van der Waals surface area contributed by atoms with Gasteiger partial charge in [0, 0.05) is 0 Å². The van der Waals surface area contributed by atoms with E-state index in [0.717, 1.165) is 5.56 Å². The Kier molecular flexibility index (Phi) is 4.41. The molecule has 15 heavy (non-hydrogen) atoms. The van der Waals surface area contributed by atoms with E-state index >= 15 is 0 Å². The number of rotatable bonds is 5. The zero-order valence-electron chi connectivity index (χ0n) is 8.64. The highest BCUT2D eigenvalue weighted by Gasteiger charge is 2.07. The Balaban J connectivity index is 2.55. The van der Waals surface area contributed by atoms with Crippen LogP contribution in [0, 0.1) is 0 Å². The average Bonchev–Trinajstić information content (AvgIpc) is 2.25. The number of benzene rings is 1. The molecule has 3 nitrogen and oxygen atoms in total. The first-order valence-corrected chi connectivity index (χ1v) is 4.84. The lowest BCUT2D eigenvalue weighted by atomic mass is 10.2. The lowest BCUT2D eigenvalue weighted by Crippen LogP contribution is -2.05. The molecule has 1 N–H and O–H groups in total. The van der Waals surface area contributed by atoms with Gasteiger partial charge in [0.05, 0.1) is 0 Å². The second kappa shape index (κ2) is 5.86. The van der Waals surface area contributed by atoms with E-state index in [0.29, 0.717) is 13.0 Å².